The molecule has 3 heterocycles. The van der Waals surface area contributed by atoms with Crippen LogP contribution in [0.3, 0.4) is 0 Å². The standard InChI is InChI=1S/C21H30N4O4/c1-21(2,3)25(20(26)27)14-16-13-24(11-12-29-16)10-8-15-7-9-22-17-5-6-18(28-4)23-19(15)17/h5-7,9,16H,8,10-14H2,1-4H3,(H,26,27). The molecule has 1 N–H and O–H groups in total. The average Bonchev–Trinajstić information content (AvgIpc) is 2.69. The summed E-state index contributed by atoms with van der Waals surface area (Å²) in [5.41, 5.74) is 2.38. The first-order valence-electron chi connectivity index (χ1n) is 9.91. The Morgan fingerprint density at radius 3 is 2.86 bits per heavy atom. The molecular weight excluding hydrogens is 372 g/mol. The zero-order valence-electron chi connectivity index (χ0n) is 17.6. The molecule has 3 rings (SSSR count). The Bertz CT molecular complexity index is 852. The Labute approximate surface area is 171 Å². The molecule has 8 heteroatoms. The van der Waals surface area contributed by atoms with Gasteiger partial charge < -0.3 is 19.5 Å². The molecule has 29 heavy (non-hydrogen) atoms. The number of ether oxygens (including phenoxy) is 2. The van der Waals surface area contributed by atoms with Gasteiger partial charge in [-0.05, 0) is 44.9 Å². The summed E-state index contributed by atoms with van der Waals surface area (Å²) in [4.78, 5) is 24.3. The maximum absolute atomic E-state index is 11.6. The summed E-state index contributed by atoms with van der Waals surface area (Å²) in [5.74, 6) is 0.578. The van der Waals surface area contributed by atoms with Gasteiger partial charge in [0.2, 0.25) is 5.88 Å². The minimum absolute atomic E-state index is 0.133. The Morgan fingerprint density at radius 2 is 2.17 bits per heavy atom. The minimum Gasteiger partial charge on any atom is -0.481 e. The number of amides is 1. The molecule has 1 aliphatic heterocycles. The summed E-state index contributed by atoms with van der Waals surface area (Å²) < 4.78 is 11.1. The molecule has 158 valence electrons. The Hall–Kier alpha value is -2.45. The fraction of sp³-hybridized carbons (Fsp3) is 0.571. The zero-order chi connectivity index (χ0) is 21.0. The van der Waals surface area contributed by atoms with E-state index in [9.17, 15) is 9.90 Å². The lowest BCUT2D eigenvalue weighted by molar-refractivity contribution is -0.0499. The van der Waals surface area contributed by atoms with Crippen molar-refractivity contribution in [3.8, 4) is 5.88 Å². The Kier molecular flexibility index (Phi) is 6.54. The topological polar surface area (TPSA) is 88.0 Å². The van der Waals surface area contributed by atoms with Crippen molar-refractivity contribution < 1.29 is 19.4 Å². The van der Waals surface area contributed by atoms with Gasteiger partial charge in [0.1, 0.15) is 0 Å². The van der Waals surface area contributed by atoms with Gasteiger partial charge in [0.15, 0.2) is 0 Å². The SMILES string of the molecule is COc1ccc2nccc(CCN3CCOC(CN(C(=O)O)C(C)(C)C)C3)c2n1. The summed E-state index contributed by atoms with van der Waals surface area (Å²) in [7, 11) is 1.61. The lowest BCUT2D eigenvalue weighted by atomic mass is 10.1. The predicted molar refractivity (Wildman–Crippen MR) is 110 cm³/mol. The third kappa shape index (κ3) is 5.33. The first kappa shape index (κ1) is 21.3. The fourth-order valence-corrected chi connectivity index (χ4v) is 3.59. The number of aromatic nitrogens is 2. The van der Waals surface area contributed by atoms with Crippen molar-refractivity contribution in [2.45, 2.75) is 38.8 Å². The lowest BCUT2D eigenvalue weighted by Gasteiger charge is -2.39. The second kappa shape index (κ2) is 8.92. The van der Waals surface area contributed by atoms with E-state index in [-0.39, 0.29) is 6.10 Å². The van der Waals surface area contributed by atoms with Crippen LogP contribution in [-0.2, 0) is 11.2 Å². The summed E-state index contributed by atoms with van der Waals surface area (Å²) in [6, 6.07) is 5.73. The third-order valence-electron chi connectivity index (χ3n) is 5.20. The molecular formula is C21H30N4O4. The summed E-state index contributed by atoms with van der Waals surface area (Å²) in [6.45, 7) is 9.06. The van der Waals surface area contributed by atoms with Crippen molar-refractivity contribution in [3.63, 3.8) is 0 Å². The van der Waals surface area contributed by atoms with Crippen LogP contribution >= 0.6 is 0 Å². The molecule has 0 radical (unpaired) electrons. The van der Waals surface area contributed by atoms with Crippen LogP contribution in [0.2, 0.25) is 0 Å². The monoisotopic (exact) mass is 402 g/mol. The van der Waals surface area contributed by atoms with Crippen LogP contribution in [0, 0.1) is 0 Å². The van der Waals surface area contributed by atoms with E-state index in [4.69, 9.17) is 9.47 Å². The van der Waals surface area contributed by atoms with Crippen molar-refractivity contribution in [3.05, 3.63) is 30.0 Å². The second-order valence-electron chi connectivity index (χ2n) is 8.30. The molecule has 8 nitrogen and oxygen atoms in total. The highest BCUT2D eigenvalue weighted by molar-refractivity contribution is 5.78. The fourth-order valence-electron chi connectivity index (χ4n) is 3.59. The van der Waals surface area contributed by atoms with Gasteiger partial charge >= 0.3 is 6.09 Å². The van der Waals surface area contributed by atoms with Gasteiger partial charge in [-0.25, -0.2) is 9.78 Å². The second-order valence-corrected chi connectivity index (χ2v) is 8.30. The van der Waals surface area contributed by atoms with Crippen LogP contribution in [-0.4, -0.2) is 82.5 Å². The number of nitrogens with zero attached hydrogens (tertiary/aromatic N) is 4. The molecule has 0 bridgehead atoms. The molecule has 1 saturated heterocycles. The van der Waals surface area contributed by atoms with E-state index >= 15 is 0 Å². The lowest BCUT2D eigenvalue weighted by Crippen LogP contribution is -2.53. The third-order valence-corrected chi connectivity index (χ3v) is 5.20. The summed E-state index contributed by atoms with van der Waals surface area (Å²) in [5, 5.41) is 9.53. The zero-order valence-corrected chi connectivity index (χ0v) is 17.6. The van der Waals surface area contributed by atoms with Crippen LogP contribution in [0.4, 0.5) is 4.79 Å². The highest BCUT2D eigenvalue weighted by Gasteiger charge is 2.31. The van der Waals surface area contributed by atoms with E-state index < -0.39 is 11.6 Å². The molecule has 0 saturated carbocycles. The molecule has 0 spiro atoms. The first-order valence-corrected chi connectivity index (χ1v) is 9.91. The molecule has 1 atom stereocenters. The number of morpholine rings is 1. The largest absolute Gasteiger partial charge is 0.481 e. The molecule has 1 amide bonds. The van der Waals surface area contributed by atoms with Gasteiger partial charge in [-0.1, -0.05) is 0 Å². The predicted octanol–water partition coefficient (Wildman–Crippen LogP) is 2.66. The quantitative estimate of drug-likeness (QED) is 0.795. The molecule has 2 aromatic rings. The summed E-state index contributed by atoms with van der Waals surface area (Å²) in [6.07, 6.45) is 1.59. The van der Waals surface area contributed by atoms with E-state index in [2.05, 4.69) is 14.9 Å². The van der Waals surface area contributed by atoms with Crippen molar-refractivity contribution in [2.24, 2.45) is 0 Å². The minimum atomic E-state index is -0.915. The maximum Gasteiger partial charge on any atom is 0.407 e. The van der Waals surface area contributed by atoms with Crippen molar-refractivity contribution >= 4 is 17.1 Å². The normalized spacial score (nSPS) is 18.0. The number of pyridine rings is 2. The molecule has 1 aliphatic rings. The summed E-state index contributed by atoms with van der Waals surface area (Å²) >= 11 is 0. The smallest absolute Gasteiger partial charge is 0.407 e. The number of carboxylic acid groups (broad SMARTS) is 1. The van der Waals surface area contributed by atoms with E-state index in [1.807, 2.05) is 45.2 Å². The van der Waals surface area contributed by atoms with Gasteiger partial charge in [0, 0.05) is 37.4 Å². The number of carbonyl (C=O) groups is 1. The highest BCUT2D eigenvalue weighted by atomic mass is 16.5. The van der Waals surface area contributed by atoms with Gasteiger partial charge in [-0.15, -0.1) is 0 Å². The van der Waals surface area contributed by atoms with Gasteiger partial charge in [0.25, 0.3) is 0 Å². The van der Waals surface area contributed by atoms with Crippen molar-refractivity contribution in [1.82, 2.24) is 19.8 Å². The van der Waals surface area contributed by atoms with Gasteiger partial charge in [-0.2, -0.15) is 0 Å². The number of methoxy groups -OCH3 is 1. The van der Waals surface area contributed by atoms with Gasteiger partial charge in [0.05, 0.1) is 37.4 Å². The number of fused-ring (bicyclic) bond motifs is 1. The van der Waals surface area contributed by atoms with Crippen LogP contribution in [0.5, 0.6) is 5.88 Å². The highest BCUT2D eigenvalue weighted by Crippen LogP contribution is 2.20. The Balaban J connectivity index is 1.64. The van der Waals surface area contributed by atoms with E-state index in [0.29, 0.717) is 25.6 Å². The Morgan fingerprint density at radius 1 is 1.38 bits per heavy atom. The van der Waals surface area contributed by atoms with Crippen molar-refractivity contribution in [1.29, 1.82) is 0 Å². The van der Waals surface area contributed by atoms with Crippen LogP contribution in [0.25, 0.3) is 11.0 Å². The molecule has 0 aromatic carbocycles. The van der Waals surface area contributed by atoms with Gasteiger partial charge in [-0.3, -0.25) is 9.88 Å². The molecule has 1 fully saturated rings. The maximum atomic E-state index is 11.6. The van der Waals surface area contributed by atoms with E-state index in [0.717, 1.165) is 36.1 Å². The molecule has 1 unspecified atom stereocenters. The van der Waals surface area contributed by atoms with Crippen molar-refractivity contribution in [2.75, 3.05) is 39.9 Å². The van der Waals surface area contributed by atoms with E-state index in [1.54, 1.807) is 7.11 Å². The molecule has 2 aromatic heterocycles. The molecule has 0 aliphatic carbocycles. The number of rotatable bonds is 6. The number of hydrogen-bond acceptors (Lipinski definition) is 6. The van der Waals surface area contributed by atoms with E-state index in [1.165, 1.54) is 4.90 Å². The average molecular weight is 402 g/mol. The first-order chi connectivity index (χ1) is 13.8. The van der Waals surface area contributed by atoms with Crippen LogP contribution < -0.4 is 4.74 Å². The van der Waals surface area contributed by atoms with Crippen LogP contribution in [0.15, 0.2) is 24.4 Å². The number of hydrogen-bond donors (Lipinski definition) is 1. The van der Waals surface area contributed by atoms with Crippen LogP contribution in [0.1, 0.15) is 26.3 Å².